The van der Waals surface area contributed by atoms with Gasteiger partial charge in [-0.05, 0) is 67.0 Å². The number of aromatic amines is 1. The topological polar surface area (TPSA) is 75.7 Å². The summed E-state index contributed by atoms with van der Waals surface area (Å²) in [5.41, 5.74) is 5.51. The van der Waals surface area contributed by atoms with Crippen molar-refractivity contribution >= 4 is 21.4 Å². The highest BCUT2D eigenvalue weighted by Gasteiger charge is 2.26. The van der Waals surface area contributed by atoms with E-state index in [1.54, 1.807) is 18.7 Å². The zero-order valence-electron chi connectivity index (χ0n) is 16.1. The second-order valence-corrected chi connectivity index (χ2v) is 10.3. The van der Waals surface area contributed by atoms with Gasteiger partial charge < -0.3 is 4.98 Å². The van der Waals surface area contributed by atoms with Crippen LogP contribution in [0.5, 0.6) is 0 Å². The number of aryl methyl sites for hydroxylation is 3. The Morgan fingerprint density at radius 1 is 1.14 bits per heavy atom. The summed E-state index contributed by atoms with van der Waals surface area (Å²) >= 11 is 6.22. The number of sulfone groups is 1. The second-order valence-electron chi connectivity index (χ2n) is 7.56. The lowest BCUT2D eigenvalue weighted by Crippen LogP contribution is -2.16. The predicted molar refractivity (Wildman–Crippen MR) is 115 cm³/mol. The average Bonchev–Trinajstić information content (AvgIpc) is 3.16. The number of nitrogens with one attached hydrogen (secondary N) is 1. The van der Waals surface area contributed by atoms with E-state index in [1.165, 1.54) is 11.1 Å². The van der Waals surface area contributed by atoms with Crippen molar-refractivity contribution in [3.05, 3.63) is 82.2 Å². The Morgan fingerprint density at radius 2 is 2.00 bits per heavy atom. The van der Waals surface area contributed by atoms with Gasteiger partial charge in [0.25, 0.3) is 0 Å². The van der Waals surface area contributed by atoms with Gasteiger partial charge in [-0.1, -0.05) is 23.7 Å². The fourth-order valence-electron chi connectivity index (χ4n) is 4.12. The Hall–Kier alpha value is -2.18. The third-order valence-corrected chi connectivity index (χ3v) is 7.58. The van der Waals surface area contributed by atoms with E-state index < -0.39 is 9.84 Å². The van der Waals surface area contributed by atoms with Crippen LogP contribution in [0.15, 0.2) is 49.1 Å². The van der Waals surface area contributed by atoms with Gasteiger partial charge in [0.2, 0.25) is 0 Å². The molecule has 29 heavy (non-hydrogen) atoms. The maximum atomic E-state index is 12.7. The summed E-state index contributed by atoms with van der Waals surface area (Å²) in [5, 5.41) is 0.716. The molecule has 1 unspecified atom stereocenters. The first-order valence-electron chi connectivity index (χ1n) is 9.91. The smallest absolute Gasteiger partial charge is 0.150 e. The first kappa shape index (κ1) is 20.1. The third kappa shape index (κ3) is 4.87. The largest absolute Gasteiger partial charge is 0.348 e. The standard InChI is InChI=1S/C22H24ClN3O2S/c23-18-7-8-20-17(13-18)6-5-16-3-1-10-25-22(16)21(20)9-12-29(27,28)11-2-4-19-14-24-15-26-19/h1,3,7-8,10,13-15,21H,2,4-6,9,11-12H2,(H,24,26). The molecule has 2 heterocycles. The quantitative estimate of drug-likeness (QED) is 0.612. The molecule has 0 radical (unpaired) electrons. The number of imidazole rings is 1. The molecule has 1 aromatic carbocycles. The summed E-state index contributed by atoms with van der Waals surface area (Å²) in [6, 6.07) is 9.98. The van der Waals surface area contributed by atoms with E-state index in [1.807, 2.05) is 24.3 Å². The summed E-state index contributed by atoms with van der Waals surface area (Å²) in [5.74, 6) is 0.309. The molecular formula is C22H24ClN3O2S. The van der Waals surface area contributed by atoms with Gasteiger partial charge >= 0.3 is 0 Å². The van der Waals surface area contributed by atoms with Crippen molar-refractivity contribution in [2.24, 2.45) is 0 Å². The number of rotatable bonds is 7. The van der Waals surface area contributed by atoms with E-state index in [4.69, 9.17) is 11.6 Å². The number of pyridine rings is 1. The molecule has 4 rings (SSSR count). The number of benzene rings is 1. The molecule has 1 aliphatic rings. The highest BCUT2D eigenvalue weighted by atomic mass is 35.5. The van der Waals surface area contributed by atoms with Gasteiger partial charge in [-0.25, -0.2) is 13.4 Å². The third-order valence-electron chi connectivity index (χ3n) is 5.57. The minimum atomic E-state index is -3.15. The van der Waals surface area contributed by atoms with Gasteiger partial charge in [0.1, 0.15) is 9.84 Å². The lowest BCUT2D eigenvalue weighted by molar-refractivity contribution is 0.586. The second kappa shape index (κ2) is 8.67. The average molecular weight is 430 g/mol. The fourth-order valence-corrected chi connectivity index (χ4v) is 5.70. The Balaban J connectivity index is 1.51. The van der Waals surface area contributed by atoms with Crippen molar-refractivity contribution in [3.63, 3.8) is 0 Å². The van der Waals surface area contributed by atoms with Crippen LogP contribution in [0.4, 0.5) is 0 Å². The molecule has 1 aliphatic carbocycles. The molecule has 0 bridgehead atoms. The molecule has 0 aliphatic heterocycles. The van der Waals surface area contributed by atoms with Crippen molar-refractivity contribution in [1.82, 2.24) is 15.0 Å². The van der Waals surface area contributed by atoms with Crippen LogP contribution < -0.4 is 0 Å². The molecule has 0 amide bonds. The van der Waals surface area contributed by atoms with E-state index in [9.17, 15) is 8.42 Å². The van der Waals surface area contributed by atoms with Crippen LogP contribution in [0, 0.1) is 0 Å². The maximum Gasteiger partial charge on any atom is 0.150 e. The number of hydrogen-bond donors (Lipinski definition) is 1. The molecule has 5 nitrogen and oxygen atoms in total. The minimum absolute atomic E-state index is 0.0247. The van der Waals surface area contributed by atoms with Crippen molar-refractivity contribution in [2.75, 3.05) is 11.5 Å². The van der Waals surface area contributed by atoms with Gasteiger partial charge in [0, 0.05) is 29.0 Å². The van der Waals surface area contributed by atoms with E-state index in [-0.39, 0.29) is 17.4 Å². The van der Waals surface area contributed by atoms with Crippen LogP contribution in [-0.4, -0.2) is 34.9 Å². The Kier molecular flexibility index (Phi) is 6.01. The number of hydrogen-bond acceptors (Lipinski definition) is 4. The minimum Gasteiger partial charge on any atom is -0.348 e. The number of fused-ring (bicyclic) bond motifs is 2. The molecule has 3 aromatic rings. The van der Waals surface area contributed by atoms with E-state index in [0.717, 1.165) is 29.8 Å². The molecule has 0 fully saturated rings. The van der Waals surface area contributed by atoms with E-state index >= 15 is 0 Å². The van der Waals surface area contributed by atoms with Crippen LogP contribution in [0.3, 0.4) is 0 Å². The monoisotopic (exact) mass is 429 g/mol. The van der Waals surface area contributed by atoms with E-state index in [2.05, 4.69) is 21.0 Å². The molecule has 1 N–H and O–H groups in total. The van der Waals surface area contributed by atoms with Crippen LogP contribution in [0.1, 0.15) is 46.8 Å². The Labute approximate surface area is 176 Å². The maximum absolute atomic E-state index is 12.7. The first-order valence-corrected chi connectivity index (χ1v) is 12.1. The van der Waals surface area contributed by atoms with Crippen LogP contribution in [0.2, 0.25) is 5.02 Å². The van der Waals surface area contributed by atoms with Gasteiger partial charge in [-0.15, -0.1) is 0 Å². The fraction of sp³-hybridized carbons (Fsp3) is 0.364. The number of halogens is 1. The Bertz CT molecular complexity index is 1080. The number of H-pyrrole nitrogens is 1. The summed E-state index contributed by atoms with van der Waals surface area (Å²) in [6.45, 7) is 0. The van der Waals surface area contributed by atoms with Crippen molar-refractivity contribution in [1.29, 1.82) is 0 Å². The lowest BCUT2D eigenvalue weighted by Gasteiger charge is -2.19. The van der Waals surface area contributed by atoms with Crippen molar-refractivity contribution in [3.8, 4) is 0 Å². The summed E-state index contributed by atoms with van der Waals surface area (Å²) < 4.78 is 25.4. The zero-order chi connectivity index (χ0) is 20.3. The summed E-state index contributed by atoms with van der Waals surface area (Å²) in [4.78, 5) is 11.6. The van der Waals surface area contributed by atoms with Crippen molar-refractivity contribution < 1.29 is 8.42 Å². The van der Waals surface area contributed by atoms with E-state index in [0.29, 0.717) is 24.3 Å². The van der Waals surface area contributed by atoms with Gasteiger partial charge in [-0.3, -0.25) is 4.98 Å². The van der Waals surface area contributed by atoms with Crippen LogP contribution in [-0.2, 0) is 29.1 Å². The SMILES string of the molecule is O=S(=O)(CCCc1cnc[nH]1)CCC1c2ccc(Cl)cc2CCc2cccnc21. The van der Waals surface area contributed by atoms with Gasteiger partial charge in [-0.2, -0.15) is 0 Å². The number of aromatic nitrogens is 3. The summed E-state index contributed by atoms with van der Waals surface area (Å²) in [7, 11) is -3.15. The number of nitrogens with zero attached hydrogens (tertiary/aromatic N) is 2. The first-order chi connectivity index (χ1) is 14.0. The van der Waals surface area contributed by atoms with Crippen LogP contribution >= 0.6 is 11.6 Å². The molecule has 1 atom stereocenters. The molecular weight excluding hydrogens is 406 g/mol. The predicted octanol–water partition coefficient (Wildman–Crippen LogP) is 4.13. The lowest BCUT2D eigenvalue weighted by atomic mass is 9.89. The zero-order valence-corrected chi connectivity index (χ0v) is 17.7. The molecule has 0 saturated heterocycles. The Morgan fingerprint density at radius 3 is 2.83 bits per heavy atom. The normalized spacial score (nSPS) is 16.1. The van der Waals surface area contributed by atoms with Crippen LogP contribution in [0.25, 0.3) is 0 Å². The molecule has 0 spiro atoms. The highest BCUT2D eigenvalue weighted by molar-refractivity contribution is 7.91. The molecule has 0 saturated carbocycles. The highest BCUT2D eigenvalue weighted by Crippen LogP contribution is 2.36. The summed E-state index contributed by atoms with van der Waals surface area (Å²) in [6.07, 6.45) is 8.75. The molecule has 7 heteroatoms. The molecule has 152 valence electrons. The van der Waals surface area contributed by atoms with Gasteiger partial charge in [0.15, 0.2) is 0 Å². The molecule has 2 aromatic heterocycles. The van der Waals surface area contributed by atoms with Crippen molar-refractivity contribution in [2.45, 2.75) is 38.0 Å². The van der Waals surface area contributed by atoms with Gasteiger partial charge in [0.05, 0.1) is 23.5 Å².